The molecule has 0 radical (unpaired) electrons. The van der Waals surface area contributed by atoms with E-state index in [1.165, 1.54) is 0 Å². The molecule has 4 rings (SSSR count). The third kappa shape index (κ3) is 6.08. The Morgan fingerprint density at radius 2 is 1.49 bits per heavy atom. The van der Waals surface area contributed by atoms with E-state index in [1.54, 1.807) is 0 Å². The van der Waals surface area contributed by atoms with Crippen LogP contribution in [0.25, 0.3) is 0 Å². The Morgan fingerprint density at radius 3 is 2.14 bits per heavy atom. The van der Waals surface area contributed by atoms with Crippen molar-refractivity contribution in [1.82, 2.24) is 0 Å². The maximum absolute atomic E-state index is 10.9. The van der Waals surface area contributed by atoms with Gasteiger partial charge in [-0.05, 0) is 126 Å². The van der Waals surface area contributed by atoms with Crippen LogP contribution in [0.3, 0.4) is 0 Å². The molecule has 7 heteroatoms. The summed E-state index contributed by atoms with van der Waals surface area (Å²) in [6.45, 7) is 11.1. The summed E-state index contributed by atoms with van der Waals surface area (Å²) in [5, 5.41) is 10.9. The molecule has 12 unspecified atom stereocenters. The number of fused-ring (bicyclic) bond motifs is 5. The minimum absolute atomic E-state index is 0.0297. The van der Waals surface area contributed by atoms with Gasteiger partial charge in [0.2, 0.25) is 0 Å². The molecule has 0 aliphatic heterocycles. The summed E-state index contributed by atoms with van der Waals surface area (Å²) in [4.78, 5) is 0. The summed E-state index contributed by atoms with van der Waals surface area (Å²) in [5.41, 5.74) is 17.4. The van der Waals surface area contributed by atoms with Gasteiger partial charge < -0.3 is 36.5 Å². The fourth-order valence-electron chi connectivity index (χ4n) is 9.64. The van der Waals surface area contributed by atoms with Gasteiger partial charge >= 0.3 is 0 Å². The Kier molecular flexibility index (Phi) is 10.7. The Morgan fingerprint density at radius 1 is 0.838 bits per heavy atom. The Labute approximate surface area is 225 Å². The fraction of sp³-hybridized carbons (Fsp3) is 1.00. The number of aliphatic hydroxyl groups excluding tert-OH is 1. The minimum atomic E-state index is -0.319. The third-order valence-electron chi connectivity index (χ3n) is 11.0. The van der Waals surface area contributed by atoms with Crippen LogP contribution in [0.5, 0.6) is 0 Å². The lowest BCUT2D eigenvalue weighted by atomic mass is 9.46. The molecule has 37 heavy (non-hydrogen) atoms. The van der Waals surface area contributed by atoms with Crippen LogP contribution in [0.2, 0.25) is 0 Å². The van der Waals surface area contributed by atoms with E-state index < -0.39 is 0 Å². The van der Waals surface area contributed by atoms with E-state index >= 15 is 0 Å². The lowest BCUT2D eigenvalue weighted by molar-refractivity contribution is -0.213. The van der Waals surface area contributed by atoms with Crippen LogP contribution < -0.4 is 17.2 Å². The van der Waals surface area contributed by atoms with Crippen LogP contribution in [-0.4, -0.2) is 69.0 Å². The molecule has 0 aromatic rings. The first-order chi connectivity index (χ1) is 17.9. The molecule has 0 aromatic carbocycles. The summed E-state index contributed by atoms with van der Waals surface area (Å²) >= 11 is 0. The first-order valence-corrected chi connectivity index (χ1v) is 15.5. The van der Waals surface area contributed by atoms with Crippen molar-refractivity contribution in [3.8, 4) is 0 Å². The lowest BCUT2D eigenvalue weighted by Gasteiger charge is -2.62. The van der Waals surface area contributed by atoms with Gasteiger partial charge in [-0.3, -0.25) is 0 Å². The molecule has 4 aliphatic rings. The molecule has 4 saturated carbocycles. The third-order valence-corrected chi connectivity index (χ3v) is 11.0. The summed E-state index contributed by atoms with van der Waals surface area (Å²) < 4.78 is 19.8. The highest BCUT2D eigenvalue weighted by molar-refractivity contribution is 5.13. The van der Waals surface area contributed by atoms with Crippen LogP contribution in [-0.2, 0) is 14.2 Å². The minimum Gasteiger partial charge on any atom is -0.393 e. The SMILES string of the molecule is CC(O)C1CCC2C3C(OCCCN)CC4CC(OCCCN)CC(C)C4C3CC(OCCCN)C12C. The number of nitrogens with two attached hydrogens (primary N) is 3. The van der Waals surface area contributed by atoms with E-state index in [2.05, 4.69) is 13.8 Å². The zero-order valence-corrected chi connectivity index (χ0v) is 23.9. The standard InChI is InChI=1S/C30H57N3O4/c1-19-15-22(35-12-4-9-31)16-21-17-26(36-13-5-10-32)29-23(28(19)21)18-27(37-14-6-11-33)30(3)24(20(2)34)7-8-25(29)30/h19-29,34H,4-18,31-33H2,1-3H3. The van der Waals surface area contributed by atoms with Crippen molar-refractivity contribution < 1.29 is 19.3 Å². The van der Waals surface area contributed by atoms with Crippen molar-refractivity contribution in [1.29, 1.82) is 0 Å². The number of rotatable bonds is 13. The van der Waals surface area contributed by atoms with Crippen LogP contribution in [0.4, 0.5) is 0 Å². The van der Waals surface area contributed by atoms with Crippen LogP contribution in [0.1, 0.15) is 78.6 Å². The monoisotopic (exact) mass is 523 g/mol. The van der Waals surface area contributed by atoms with Gasteiger partial charge in [-0.2, -0.15) is 0 Å². The van der Waals surface area contributed by atoms with E-state index in [0.29, 0.717) is 67.9 Å². The predicted molar refractivity (Wildman–Crippen MR) is 148 cm³/mol. The van der Waals surface area contributed by atoms with E-state index in [9.17, 15) is 5.11 Å². The second-order valence-corrected chi connectivity index (χ2v) is 13.1. The number of hydrogen-bond acceptors (Lipinski definition) is 7. The van der Waals surface area contributed by atoms with Gasteiger partial charge in [-0.15, -0.1) is 0 Å². The van der Waals surface area contributed by atoms with Gasteiger partial charge in [0.15, 0.2) is 0 Å². The first-order valence-electron chi connectivity index (χ1n) is 15.5. The highest BCUT2D eigenvalue weighted by Gasteiger charge is 2.65. The second-order valence-electron chi connectivity index (χ2n) is 13.1. The van der Waals surface area contributed by atoms with Crippen LogP contribution in [0.15, 0.2) is 0 Å². The molecule has 0 saturated heterocycles. The molecule has 216 valence electrons. The van der Waals surface area contributed by atoms with Crippen molar-refractivity contribution in [2.45, 2.75) is 103 Å². The van der Waals surface area contributed by atoms with Crippen LogP contribution in [0, 0.1) is 46.8 Å². The van der Waals surface area contributed by atoms with Gasteiger partial charge in [0.1, 0.15) is 0 Å². The highest BCUT2D eigenvalue weighted by Crippen LogP contribution is 2.66. The topological polar surface area (TPSA) is 126 Å². The molecule has 0 spiro atoms. The van der Waals surface area contributed by atoms with Crippen LogP contribution >= 0.6 is 0 Å². The highest BCUT2D eigenvalue weighted by atomic mass is 16.5. The van der Waals surface area contributed by atoms with E-state index in [-0.39, 0.29) is 29.6 Å². The second kappa shape index (κ2) is 13.4. The van der Waals surface area contributed by atoms with Gasteiger partial charge in [0.05, 0.1) is 24.4 Å². The molecule has 12 atom stereocenters. The summed E-state index contributed by atoms with van der Waals surface area (Å²) in [6.07, 6.45) is 9.90. The summed E-state index contributed by atoms with van der Waals surface area (Å²) in [5.74, 6) is 3.84. The summed E-state index contributed by atoms with van der Waals surface area (Å²) in [7, 11) is 0. The molecular formula is C30H57N3O4. The Hall–Kier alpha value is -0.280. The van der Waals surface area contributed by atoms with Gasteiger partial charge in [0.25, 0.3) is 0 Å². The number of aliphatic hydroxyl groups is 1. The smallest absolute Gasteiger partial charge is 0.0637 e. The quantitative estimate of drug-likeness (QED) is 0.273. The average molecular weight is 524 g/mol. The summed E-state index contributed by atoms with van der Waals surface area (Å²) in [6, 6.07) is 0. The normalized spacial score (nSPS) is 44.2. The van der Waals surface area contributed by atoms with Crippen molar-refractivity contribution in [3.05, 3.63) is 0 Å². The number of ether oxygens (including phenoxy) is 3. The molecule has 7 N–H and O–H groups in total. The van der Waals surface area contributed by atoms with Crippen molar-refractivity contribution >= 4 is 0 Å². The van der Waals surface area contributed by atoms with Crippen molar-refractivity contribution in [3.63, 3.8) is 0 Å². The van der Waals surface area contributed by atoms with Gasteiger partial charge in [-0.25, -0.2) is 0 Å². The molecule has 0 amide bonds. The largest absolute Gasteiger partial charge is 0.393 e. The predicted octanol–water partition coefficient (Wildman–Crippen LogP) is 3.30. The van der Waals surface area contributed by atoms with E-state index in [0.717, 1.165) is 71.0 Å². The molecule has 0 heterocycles. The first kappa shape index (κ1) is 29.7. The Balaban J connectivity index is 1.62. The molecule has 4 aliphatic carbocycles. The molecule has 7 nitrogen and oxygen atoms in total. The van der Waals surface area contributed by atoms with Gasteiger partial charge in [0, 0.05) is 25.2 Å². The fourth-order valence-corrected chi connectivity index (χ4v) is 9.64. The zero-order chi connectivity index (χ0) is 26.6. The molecule has 0 aromatic heterocycles. The lowest BCUT2D eigenvalue weighted by Crippen LogP contribution is -2.61. The van der Waals surface area contributed by atoms with Crippen molar-refractivity contribution in [2.24, 2.45) is 64.0 Å². The number of hydrogen-bond donors (Lipinski definition) is 4. The molecule has 0 bridgehead atoms. The Bertz CT molecular complexity index is 696. The average Bonchev–Trinajstić information content (AvgIpc) is 3.22. The maximum Gasteiger partial charge on any atom is 0.0637 e. The van der Waals surface area contributed by atoms with E-state index in [4.69, 9.17) is 31.4 Å². The molecule has 4 fully saturated rings. The molecular weight excluding hydrogens is 466 g/mol. The zero-order valence-electron chi connectivity index (χ0n) is 23.9. The maximum atomic E-state index is 10.9. The van der Waals surface area contributed by atoms with Crippen molar-refractivity contribution in [2.75, 3.05) is 39.5 Å². The van der Waals surface area contributed by atoms with Gasteiger partial charge in [-0.1, -0.05) is 13.8 Å². The van der Waals surface area contributed by atoms with E-state index in [1.807, 2.05) is 6.92 Å².